The van der Waals surface area contributed by atoms with E-state index in [-0.39, 0.29) is 6.42 Å². The summed E-state index contributed by atoms with van der Waals surface area (Å²) in [6.07, 6.45) is 0.0218. The monoisotopic (exact) mass is 255 g/mol. The Balaban J connectivity index is 2.27. The van der Waals surface area contributed by atoms with E-state index in [0.717, 1.165) is 16.9 Å². The summed E-state index contributed by atoms with van der Waals surface area (Å²) in [7, 11) is 0. The second-order valence-electron chi connectivity index (χ2n) is 4.65. The standard InChI is InChI=1S/C16H17NO2/c1-11-7-8-14(9-12(11)2)17-15-6-4-3-5-13(15)10-16(18)19/h3-9,17H,10H2,1-2H3,(H,18,19). The van der Waals surface area contributed by atoms with Crippen molar-refractivity contribution in [2.75, 3.05) is 5.32 Å². The summed E-state index contributed by atoms with van der Waals surface area (Å²) in [5.41, 5.74) is 5.05. The molecule has 19 heavy (non-hydrogen) atoms. The fourth-order valence-electron chi connectivity index (χ4n) is 1.93. The molecule has 0 spiro atoms. The number of rotatable bonds is 4. The van der Waals surface area contributed by atoms with E-state index < -0.39 is 5.97 Å². The first-order valence-corrected chi connectivity index (χ1v) is 6.20. The quantitative estimate of drug-likeness (QED) is 0.876. The van der Waals surface area contributed by atoms with Gasteiger partial charge in [-0.3, -0.25) is 4.79 Å². The highest BCUT2D eigenvalue weighted by Crippen LogP contribution is 2.23. The topological polar surface area (TPSA) is 49.3 Å². The second-order valence-corrected chi connectivity index (χ2v) is 4.65. The molecule has 0 atom stereocenters. The number of anilines is 2. The lowest BCUT2D eigenvalue weighted by Crippen LogP contribution is -2.03. The van der Waals surface area contributed by atoms with Crippen LogP contribution in [0.1, 0.15) is 16.7 Å². The van der Waals surface area contributed by atoms with E-state index in [1.54, 1.807) is 0 Å². The number of nitrogens with one attached hydrogen (secondary N) is 1. The molecule has 0 aliphatic rings. The number of hydrogen-bond acceptors (Lipinski definition) is 2. The minimum absolute atomic E-state index is 0.0218. The fraction of sp³-hybridized carbons (Fsp3) is 0.188. The molecule has 0 unspecified atom stereocenters. The Morgan fingerprint density at radius 2 is 1.84 bits per heavy atom. The summed E-state index contributed by atoms with van der Waals surface area (Å²) in [6, 6.07) is 13.6. The first-order chi connectivity index (χ1) is 9.06. The number of carboxylic acid groups (broad SMARTS) is 1. The third-order valence-electron chi connectivity index (χ3n) is 3.14. The van der Waals surface area contributed by atoms with E-state index in [1.165, 1.54) is 11.1 Å². The molecule has 2 N–H and O–H groups in total. The van der Waals surface area contributed by atoms with E-state index in [2.05, 4.69) is 31.3 Å². The predicted octanol–water partition coefficient (Wildman–Crippen LogP) is 3.67. The molecule has 0 amide bonds. The van der Waals surface area contributed by atoms with Crippen LogP contribution in [0.3, 0.4) is 0 Å². The molecule has 0 fully saturated rings. The van der Waals surface area contributed by atoms with Crippen LogP contribution in [0.5, 0.6) is 0 Å². The molecule has 0 bridgehead atoms. The molecule has 0 aromatic heterocycles. The van der Waals surface area contributed by atoms with Gasteiger partial charge >= 0.3 is 5.97 Å². The van der Waals surface area contributed by atoms with E-state index in [1.807, 2.05) is 30.3 Å². The molecule has 2 aromatic rings. The molecule has 3 heteroatoms. The van der Waals surface area contributed by atoms with Crippen molar-refractivity contribution in [3.05, 3.63) is 59.2 Å². The van der Waals surface area contributed by atoms with Crippen molar-refractivity contribution in [1.29, 1.82) is 0 Å². The molecule has 0 aliphatic carbocycles. The lowest BCUT2D eigenvalue weighted by Gasteiger charge is -2.12. The normalized spacial score (nSPS) is 10.2. The molecule has 2 aromatic carbocycles. The van der Waals surface area contributed by atoms with Gasteiger partial charge in [0.25, 0.3) is 0 Å². The third kappa shape index (κ3) is 3.35. The average molecular weight is 255 g/mol. The van der Waals surface area contributed by atoms with Crippen LogP contribution in [0.2, 0.25) is 0 Å². The first kappa shape index (κ1) is 13.1. The maximum Gasteiger partial charge on any atom is 0.307 e. The van der Waals surface area contributed by atoms with Crippen LogP contribution >= 0.6 is 0 Å². The van der Waals surface area contributed by atoms with Crippen molar-refractivity contribution in [1.82, 2.24) is 0 Å². The van der Waals surface area contributed by atoms with Crippen LogP contribution in [0, 0.1) is 13.8 Å². The van der Waals surface area contributed by atoms with Crippen molar-refractivity contribution >= 4 is 17.3 Å². The zero-order valence-corrected chi connectivity index (χ0v) is 11.1. The van der Waals surface area contributed by atoms with Crippen molar-refractivity contribution in [3.8, 4) is 0 Å². The predicted molar refractivity (Wildman–Crippen MR) is 77.0 cm³/mol. The molecule has 3 nitrogen and oxygen atoms in total. The van der Waals surface area contributed by atoms with E-state index in [9.17, 15) is 4.79 Å². The lowest BCUT2D eigenvalue weighted by atomic mass is 10.1. The van der Waals surface area contributed by atoms with Crippen molar-refractivity contribution in [2.45, 2.75) is 20.3 Å². The molecular weight excluding hydrogens is 238 g/mol. The van der Waals surface area contributed by atoms with Gasteiger partial charge in [0, 0.05) is 11.4 Å². The zero-order chi connectivity index (χ0) is 13.8. The number of aryl methyl sites for hydroxylation is 2. The molecule has 0 heterocycles. The Bertz CT molecular complexity index is 605. The van der Waals surface area contributed by atoms with Gasteiger partial charge in [0.1, 0.15) is 0 Å². The molecule has 98 valence electrons. The van der Waals surface area contributed by atoms with E-state index in [0.29, 0.717) is 0 Å². The molecule has 0 saturated heterocycles. The Morgan fingerprint density at radius 1 is 1.11 bits per heavy atom. The number of para-hydroxylation sites is 1. The number of carbonyl (C=O) groups is 1. The highest BCUT2D eigenvalue weighted by Gasteiger charge is 2.06. The molecule has 0 aliphatic heterocycles. The number of aliphatic carboxylic acids is 1. The SMILES string of the molecule is Cc1ccc(Nc2ccccc2CC(=O)O)cc1C. The van der Waals surface area contributed by atoms with E-state index >= 15 is 0 Å². The number of carboxylic acids is 1. The first-order valence-electron chi connectivity index (χ1n) is 6.20. The lowest BCUT2D eigenvalue weighted by molar-refractivity contribution is -0.136. The van der Waals surface area contributed by atoms with Crippen LogP contribution in [0.4, 0.5) is 11.4 Å². The van der Waals surface area contributed by atoms with Gasteiger partial charge in [-0.1, -0.05) is 24.3 Å². The average Bonchev–Trinajstić information content (AvgIpc) is 2.36. The Morgan fingerprint density at radius 3 is 2.53 bits per heavy atom. The van der Waals surface area contributed by atoms with Crippen molar-refractivity contribution in [3.63, 3.8) is 0 Å². The number of benzene rings is 2. The summed E-state index contributed by atoms with van der Waals surface area (Å²) in [5, 5.41) is 12.2. The summed E-state index contributed by atoms with van der Waals surface area (Å²) in [6.45, 7) is 4.13. The Kier molecular flexibility index (Phi) is 3.85. The summed E-state index contributed by atoms with van der Waals surface area (Å²) < 4.78 is 0. The fourth-order valence-corrected chi connectivity index (χ4v) is 1.93. The van der Waals surface area contributed by atoms with Gasteiger partial charge in [-0.2, -0.15) is 0 Å². The zero-order valence-electron chi connectivity index (χ0n) is 11.1. The van der Waals surface area contributed by atoms with Crippen molar-refractivity contribution < 1.29 is 9.90 Å². The number of hydrogen-bond donors (Lipinski definition) is 2. The summed E-state index contributed by atoms with van der Waals surface area (Å²) in [4.78, 5) is 10.8. The van der Waals surface area contributed by atoms with Crippen LogP contribution < -0.4 is 5.32 Å². The Hall–Kier alpha value is -2.29. The summed E-state index contributed by atoms with van der Waals surface area (Å²) in [5.74, 6) is -0.825. The minimum atomic E-state index is -0.825. The maximum absolute atomic E-state index is 10.8. The molecule has 0 radical (unpaired) electrons. The van der Waals surface area contributed by atoms with E-state index in [4.69, 9.17) is 5.11 Å². The van der Waals surface area contributed by atoms with Crippen molar-refractivity contribution in [2.24, 2.45) is 0 Å². The second kappa shape index (κ2) is 5.57. The maximum atomic E-state index is 10.8. The third-order valence-corrected chi connectivity index (χ3v) is 3.14. The van der Waals surface area contributed by atoms with Gasteiger partial charge < -0.3 is 10.4 Å². The highest BCUT2D eigenvalue weighted by atomic mass is 16.4. The van der Waals surface area contributed by atoms with Gasteiger partial charge in [0.2, 0.25) is 0 Å². The van der Waals surface area contributed by atoms with Crippen LogP contribution in [0.25, 0.3) is 0 Å². The largest absolute Gasteiger partial charge is 0.481 e. The minimum Gasteiger partial charge on any atom is -0.481 e. The van der Waals surface area contributed by atoms with Gasteiger partial charge in [-0.05, 0) is 48.7 Å². The van der Waals surface area contributed by atoms with Gasteiger partial charge in [0.05, 0.1) is 6.42 Å². The molecule has 0 saturated carbocycles. The van der Waals surface area contributed by atoms with Crippen LogP contribution in [-0.2, 0) is 11.2 Å². The molecule has 2 rings (SSSR count). The Labute approximate surface area is 112 Å². The molecular formula is C16H17NO2. The van der Waals surface area contributed by atoms with Crippen LogP contribution in [0.15, 0.2) is 42.5 Å². The van der Waals surface area contributed by atoms with Gasteiger partial charge in [-0.15, -0.1) is 0 Å². The highest BCUT2D eigenvalue weighted by molar-refractivity contribution is 5.75. The smallest absolute Gasteiger partial charge is 0.307 e. The van der Waals surface area contributed by atoms with Gasteiger partial charge in [0.15, 0.2) is 0 Å². The van der Waals surface area contributed by atoms with Gasteiger partial charge in [-0.25, -0.2) is 0 Å². The van der Waals surface area contributed by atoms with Crippen LogP contribution in [-0.4, -0.2) is 11.1 Å². The summed E-state index contributed by atoms with van der Waals surface area (Å²) >= 11 is 0.